The smallest absolute Gasteiger partial charge is 0.332 e. The first-order valence-electron chi connectivity index (χ1n) is 7.10. The Balaban J connectivity index is 1.61. The van der Waals surface area contributed by atoms with Crippen molar-refractivity contribution in [3.63, 3.8) is 0 Å². The Morgan fingerprint density at radius 3 is 2.86 bits per heavy atom. The standard InChI is InChI=1S/C13H18N4O4/c1-16(7-11-15-14-10-3-2-6-17(10)11)12(18)8-4-5-9(21-8)13(19)20/h8-9H,2-7H2,1H3,(H,19,20)/t8-,9+/m0/s1. The minimum atomic E-state index is -1.01. The molecule has 1 fully saturated rings. The summed E-state index contributed by atoms with van der Waals surface area (Å²) in [4.78, 5) is 24.7. The second-order valence-corrected chi connectivity index (χ2v) is 5.51. The van der Waals surface area contributed by atoms with Crippen molar-refractivity contribution >= 4 is 11.9 Å². The molecule has 1 aromatic rings. The van der Waals surface area contributed by atoms with Crippen LogP contribution in [0.15, 0.2) is 0 Å². The molecule has 8 heteroatoms. The highest BCUT2D eigenvalue weighted by molar-refractivity contribution is 5.82. The lowest BCUT2D eigenvalue weighted by Gasteiger charge is -2.20. The molecular weight excluding hydrogens is 276 g/mol. The van der Waals surface area contributed by atoms with Crippen LogP contribution >= 0.6 is 0 Å². The molecule has 114 valence electrons. The number of ether oxygens (including phenoxy) is 1. The quantitative estimate of drug-likeness (QED) is 0.827. The van der Waals surface area contributed by atoms with Crippen LogP contribution < -0.4 is 0 Å². The molecule has 1 aromatic heterocycles. The Morgan fingerprint density at radius 2 is 2.14 bits per heavy atom. The second-order valence-electron chi connectivity index (χ2n) is 5.51. The van der Waals surface area contributed by atoms with Gasteiger partial charge in [-0.2, -0.15) is 0 Å². The SMILES string of the molecule is CN(Cc1nnc2n1CCC2)C(=O)[C@@H]1CC[C@H](C(=O)O)O1. The van der Waals surface area contributed by atoms with Crippen molar-refractivity contribution in [3.05, 3.63) is 11.6 Å². The van der Waals surface area contributed by atoms with Crippen LogP contribution in [0.25, 0.3) is 0 Å². The summed E-state index contributed by atoms with van der Waals surface area (Å²) in [5.41, 5.74) is 0. The van der Waals surface area contributed by atoms with E-state index in [1.807, 2.05) is 4.57 Å². The average molecular weight is 294 g/mol. The maximum atomic E-state index is 12.3. The number of carboxylic acid groups (broad SMARTS) is 1. The van der Waals surface area contributed by atoms with Gasteiger partial charge in [-0.1, -0.05) is 0 Å². The van der Waals surface area contributed by atoms with Gasteiger partial charge in [0.05, 0.1) is 6.54 Å². The highest BCUT2D eigenvalue weighted by Gasteiger charge is 2.36. The van der Waals surface area contributed by atoms with E-state index in [9.17, 15) is 9.59 Å². The topological polar surface area (TPSA) is 97.6 Å². The second kappa shape index (κ2) is 5.44. The Morgan fingerprint density at radius 1 is 1.38 bits per heavy atom. The van der Waals surface area contributed by atoms with Crippen LogP contribution in [0.5, 0.6) is 0 Å². The number of hydrogen-bond donors (Lipinski definition) is 1. The molecule has 0 bridgehead atoms. The molecule has 2 aliphatic heterocycles. The van der Waals surface area contributed by atoms with Gasteiger partial charge in [0.25, 0.3) is 5.91 Å². The Kier molecular flexibility index (Phi) is 3.62. The summed E-state index contributed by atoms with van der Waals surface area (Å²) in [6, 6.07) is 0. The van der Waals surface area contributed by atoms with E-state index in [0.29, 0.717) is 19.4 Å². The van der Waals surface area contributed by atoms with Gasteiger partial charge in [-0.15, -0.1) is 10.2 Å². The maximum absolute atomic E-state index is 12.3. The van der Waals surface area contributed by atoms with Gasteiger partial charge in [-0.05, 0) is 19.3 Å². The van der Waals surface area contributed by atoms with Crippen molar-refractivity contribution in [2.24, 2.45) is 0 Å². The first-order valence-corrected chi connectivity index (χ1v) is 7.10. The molecule has 8 nitrogen and oxygen atoms in total. The third-order valence-electron chi connectivity index (χ3n) is 4.01. The van der Waals surface area contributed by atoms with Gasteiger partial charge in [-0.25, -0.2) is 4.79 Å². The predicted octanol–water partition coefficient (Wildman–Crippen LogP) is -0.185. The summed E-state index contributed by atoms with van der Waals surface area (Å²) < 4.78 is 7.33. The lowest BCUT2D eigenvalue weighted by molar-refractivity contribution is -0.154. The van der Waals surface area contributed by atoms with E-state index in [-0.39, 0.29) is 5.91 Å². The van der Waals surface area contributed by atoms with Crippen LogP contribution in [0.4, 0.5) is 0 Å². The van der Waals surface area contributed by atoms with Crippen molar-refractivity contribution < 1.29 is 19.4 Å². The number of hydrogen-bond acceptors (Lipinski definition) is 5. The number of carbonyl (C=O) groups excluding carboxylic acids is 1. The largest absolute Gasteiger partial charge is 0.479 e. The summed E-state index contributed by atoms with van der Waals surface area (Å²) in [5.74, 6) is 0.525. The van der Waals surface area contributed by atoms with Crippen molar-refractivity contribution in [3.8, 4) is 0 Å². The average Bonchev–Trinajstić information content (AvgIpc) is 3.15. The summed E-state index contributed by atoms with van der Waals surface area (Å²) >= 11 is 0. The van der Waals surface area contributed by atoms with Crippen molar-refractivity contribution in [1.29, 1.82) is 0 Å². The fourth-order valence-corrected chi connectivity index (χ4v) is 2.86. The van der Waals surface area contributed by atoms with E-state index in [4.69, 9.17) is 9.84 Å². The van der Waals surface area contributed by atoms with Crippen molar-refractivity contribution in [1.82, 2.24) is 19.7 Å². The number of nitrogens with zero attached hydrogens (tertiary/aromatic N) is 4. The van der Waals surface area contributed by atoms with Gasteiger partial charge in [0.15, 0.2) is 11.9 Å². The van der Waals surface area contributed by atoms with Gasteiger partial charge in [0, 0.05) is 20.0 Å². The molecule has 0 radical (unpaired) electrons. The summed E-state index contributed by atoms with van der Waals surface area (Å²) in [7, 11) is 1.68. The summed E-state index contributed by atoms with van der Waals surface area (Å²) in [6.07, 6.45) is 1.26. The molecule has 3 heterocycles. The third kappa shape index (κ3) is 2.63. The number of amides is 1. The Hall–Kier alpha value is -1.96. The fraction of sp³-hybridized carbons (Fsp3) is 0.692. The lowest BCUT2D eigenvalue weighted by atomic mass is 10.2. The minimum absolute atomic E-state index is 0.200. The normalized spacial score (nSPS) is 24.0. The van der Waals surface area contributed by atoms with E-state index in [2.05, 4.69) is 10.2 Å². The monoisotopic (exact) mass is 294 g/mol. The molecule has 2 aliphatic rings. The van der Waals surface area contributed by atoms with E-state index in [1.165, 1.54) is 4.90 Å². The number of carboxylic acids is 1. The van der Waals surface area contributed by atoms with E-state index >= 15 is 0 Å². The highest BCUT2D eigenvalue weighted by Crippen LogP contribution is 2.22. The Bertz CT molecular complexity index is 571. The number of aryl methyl sites for hydroxylation is 1. The first-order chi connectivity index (χ1) is 10.1. The number of aliphatic carboxylic acids is 1. The van der Waals surface area contributed by atoms with Gasteiger partial charge in [0.1, 0.15) is 11.9 Å². The maximum Gasteiger partial charge on any atom is 0.332 e. The summed E-state index contributed by atoms with van der Waals surface area (Å²) in [5, 5.41) is 17.1. The third-order valence-corrected chi connectivity index (χ3v) is 4.01. The first kappa shape index (κ1) is 14.0. The Labute approximate surface area is 121 Å². The highest BCUT2D eigenvalue weighted by atomic mass is 16.5. The lowest BCUT2D eigenvalue weighted by Crippen LogP contribution is -2.37. The molecule has 0 saturated carbocycles. The minimum Gasteiger partial charge on any atom is -0.479 e. The molecule has 1 saturated heterocycles. The van der Waals surface area contributed by atoms with E-state index in [0.717, 1.165) is 31.0 Å². The van der Waals surface area contributed by atoms with Crippen LogP contribution in [0.3, 0.4) is 0 Å². The number of carbonyl (C=O) groups is 2. The van der Waals surface area contributed by atoms with Crippen molar-refractivity contribution in [2.75, 3.05) is 7.05 Å². The summed E-state index contributed by atoms with van der Waals surface area (Å²) in [6.45, 7) is 1.25. The zero-order valence-corrected chi connectivity index (χ0v) is 11.9. The van der Waals surface area contributed by atoms with Crippen LogP contribution in [0.1, 0.15) is 30.9 Å². The zero-order valence-electron chi connectivity index (χ0n) is 11.9. The number of likely N-dealkylation sites (N-methyl/N-ethyl adjacent to an activating group) is 1. The van der Waals surface area contributed by atoms with Crippen LogP contribution in [-0.4, -0.2) is 55.9 Å². The molecular formula is C13H18N4O4. The molecule has 0 aromatic carbocycles. The number of rotatable bonds is 4. The van der Waals surface area contributed by atoms with Crippen LogP contribution in [0.2, 0.25) is 0 Å². The van der Waals surface area contributed by atoms with E-state index < -0.39 is 18.2 Å². The van der Waals surface area contributed by atoms with Crippen LogP contribution in [-0.2, 0) is 33.8 Å². The number of fused-ring (bicyclic) bond motifs is 1. The molecule has 3 rings (SSSR count). The van der Waals surface area contributed by atoms with Gasteiger partial charge >= 0.3 is 5.97 Å². The molecule has 0 unspecified atom stereocenters. The molecule has 0 aliphatic carbocycles. The van der Waals surface area contributed by atoms with Crippen molar-refractivity contribution in [2.45, 2.75) is 51.0 Å². The molecule has 0 spiro atoms. The molecule has 21 heavy (non-hydrogen) atoms. The predicted molar refractivity (Wildman–Crippen MR) is 70.3 cm³/mol. The number of aromatic nitrogens is 3. The van der Waals surface area contributed by atoms with Gasteiger partial charge in [-0.3, -0.25) is 4.79 Å². The van der Waals surface area contributed by atoms with Gasteiger partial charge < -0.3 is 19.3 Å². The zero-order chi connectivity index (χ0) is 15.0. The molecule has 1 amide bonds. The van der Waals surface area contributed by atoms with Gasteiger partial charge in [0.2, 0.25) is 0 Å². The molecule has 1 N–H and O–H groups in total. The molecule has 2 atom stereocenters. The van der Waals surface area contributed by atoms with Crippen LogP contribution in [0, 0.1) is 0 Å². The van der Waals surface area contributed by atoms with E-state index in [1.54, 1.807) is 7.05 Å². The fourth-order valence-electron chi connectivity index (χ4n) is 2.86.